The number of rotatable bonds is 3. The molecule has 0 saturated heterocycles. The zero-order valence-electron chi connectivity index (χ0n) is 16.3. The number of H-pyrrole nitrogens is 1. The summed E-state index contributed by atoms with van der Waals surface area (Å²) in [5.74, 6) is -1.02. The second kappa shape index (κ2) is 7.33. The van der Waals surface area contributed by atoms with Gasteiger partial charge in [-0.15, -0.1) is 0 Å². The quantitative estimate of drug-likeness (QED) is 0.542. The van der Waals surface area contributed by atoms with E-state index in [1.165, 1.54) is 10.9 Å². The molecule has 0 radical (unpaired) electrons. The van der Waals surface area contributed by atoms with Gasteiger partial charge in [0.1, 0.15) is 6.04 Å². The van der Waals surface area contributed by atoms with Gasteiger partial charge in [0.15, 0.2) is 0 Å². The van der Waals surface area contributed by atoms with Crippen LogP contribution in [0.15, 0.2) is 48.5 Å². The van der Waals surface area contributed by atoms with Crippen molar-refractivity contribution in [2.75, 3.05) is 5.32 Å². The zero-order valence-corrected chi connectivity index (χ0v) is 16.3. The Bertz CT molecular complexity index is 1170. The summed E-state index contributed by atoms with van der Waals surface area (Å²) in [6.45, 7) is 0. The van der Waals surface area contributed by atoms with Gasteiger partial charge < -0.3 is 20.9 Å². The Morgan fingerprint density at radius 2 is 1.87 bits per heavy atom. The van der Waals surface area contributed by atoms with Crippen molar-refractivity contribution in [2.45, 2.75) is 37.8 Å². The van der Waals surface area contributed by atoms with E-state index in [1.807, 2.05) is 18.2 Å². The predicted octanol–water partition coefficient (Wildman–Crippen LogP) is 2.80. The summed E-state index contributed by atoms with van der Waals surface area (Å²) < 4.78 is 0. The third-order valence-corrected chi connectivity index (χ3v) is 5.89. The largest absolute Gasteiger partial charge is 0.356 e. The summed E-state index contributed by atoms with van der Waals surface area (Å²) >= 11 is 0. The van der Waals surface area contributed by atoms with Crippen molar-refractivity contribution in [3.63, 3.8) is 0 Å². The number of amides is 3. The molecule has 7 heteroatoms. The van der Waals surface area contributed by atoms with Crippen LogP contribution in [0.2, 0.25) is 0 Å². The molecule has 7 nitrogen and oxygen atoms in total. The molecule has 30 heavy (non-hydrogen) atoms. The van der Waals surface area contributed by atoms with Gasteiger partial charge in [-0.1, -0.05) is 30.3 Å². The van der Waals surface area contributed by atoms with Crippen LogP contribution in [-0.2, 0) is 16.0 Å². The lowest BCUT2D eigenvalue weighted by molar-refractivity contribution is -0.126. The summed E-state index contributed by atoms with van der Waals surface area (Å²) in [7, 11) is 0. The van der Waals surface area contributed by atoms with E-state index < -0.39 is 11.9 Å². The van der Waals surface area contributed by atoms with Crippen LogP contribution in [0.4, 0.5) is 5.69 Å². The first-order valence-electron chi connectivity index (χ1n) is 10.2. The SMILES string of the molecule is O=C(C[C@@H]1NC(=O)c2ccccc2NC1=O)NC1CCCc2c1[nH]c1ccccc21. The monoisotopic (exact) mass is 402 g/mol. The van der Waals surface area contributed by atoms with Gasteiger partial charge in [-0.2, -0.15) is 0 Å². The van der Waals surface area contributed by atoms with Crippen molar-refractivity contribution >= 4 is 34.3 Å². The number of para-hydroxylation sites is 2. The molecule has 1 aliphatic heterocycles. The average Bonchev–Trinajstić information content (AvgIpc) is 3.08. The van der Waals surface area contributed by atoms with Crippen LogP contribution in [0.5, 0.6) is 0 Å². The van der Waals surface area contributed by atoms with Crippen LogP contribution in [-0.4, -0.2) is 28.7 Å². The number of benzene rings is 2. The Labute approximate surface area is 173 Å². The van der Waals surface area contributed by atoms with Crippen LogP contribution in [0.25, 0.3) is 10.9 Å². The van der Waals surface area contributed by atoms with E-state index in [2.05, 4.69) is 27.0 Å². The average molecular weight is 402 g/mol. The van der Waals surface area contributed by atoms with E-state index in [9.17, 15) is 14.4 Å². The number of nitrogens with one attached hydrogen (secondary N) is 4. The fourth-order valence-corrected chi connectivity index (χ4v) is 4.45. The number of aryl methyl sites for hydroxylation is 1. The molecule has 1 aromatic heterocycles. The molecule has 2 atom stereocenters. The zero-order chi connectivity index (χ0) is 20.7. The molecule has 2 aromatic carbocycles. The molecule has 0 bridgehead atoms. The fourth-order valence-electron chi connectivity index (χ4n) is 4.45. The highest BCUT2D eigenvalue weighted by molar-refractivity contribution is 6.10. The maximum Gasteiger partial charge on any atom is 0.254 e. The maximum absolute atomic E-state index is 12.8. The fraction of sp³-hybridized carbons (Fsp3) is 0.261. The van der Waals surface area contributed by atoms with Crippen LogP contribution >= 0.6 is 0 Å². The molecule has 4 N–H and O–H groups in total. The van der Waals surface area contributed by atoms with Crippen molar-refractivity contribution in [3.05, 3.63) is 65.4 Å². The first kappa shape index (κ1) is 18.4. The van der Waals surface area contributed by atoms with Gasteiger partial charge in [-0.25, -0.2) is 0 Å². The highest BCUT2D eigenvalue weighted by atomic mass is 16.2. The number of aromatic amines is 1. The number of aromatic nitrogens is 1. The molecule has 3 amide bonds. The van der Waals surface area contributed by atoms with Crippen molar-refractivity contribution in [3.8, 4) is 0 Å². The van der Waals surface area contributed by atoms with Gasteiger partial charge in [0.05, 0.1) is 23.7 Å². The van der Waals surface area contributed by atoms with Crippen molar-refractivity contribution < 1.29 is 14.4 Å². The molecular formula is C23H22N4O3. The molecule has 0 saturated carbocycles. The van der Waals surface area contributed by atoms with Gasteiger partial charge in [-0.3, -0.25) is 14.4 Å². The van der Waals surface area contributed by atoms with E-state index in [4.69, 9.17) is 0 Å². The van der Waals surface area contributed by atoms with Crippen molar-refractivity contribution in [2.24, 2.45) is 0 Å². The Morgan fingerprint density at radius 1 is 1.07 bits per heavy atom. The molecular weight excluding hydrogens is 380 g/mol. The Balaban J connectivity index is 1.32. The lowest BCUT2D eigenvalue weighted by atomic mass is 9.91. The third kappa shape index (κ3) is 3.22. The van der Waals surface area contributed by atoms with Crippen molar-refractivity contribution in [1.82, 2.24) is 15.6 Å². The number of hydrogen-bond acceptors (Lipinski definition) is 3. The Hall–Kier alpha value is -3.61. The minimum Gasteiger partial charge on any atom is -0.356 e. The van der Waals surface area contributed by atoms with Gasteiger partial charge in [0.25, 0.3) is 5.91 Å². The molecule has 152 valence electrons. The normalized spacial score (nSPS) is 20.5. The molecule has 2 heterocycles. The van der Waals surface area contributed by atoms with Crippen LogP contribution < -0.4 is 16.0 Å². The molecule has 0 spiro atoms. The van der Waals surface area contributed by atoms with Crippen LogP contribution in [0, 0.1) is 0 Å². The summed E-state index contributed by atoms with van der Waals surface area (Å²) in [5.41, 5.74) is 4.20. The number of anilines is 1. The smallest absolute Gasteiger partial charge is 0.254 e. The van der Waals surface area contributed by atoms with Gasteiger partial charge >= 0.3 is 0 Å². The highest BCUT2D eigenvalue weighted by Crippen LogP contribution is 2.34. The van der Waals surface area contributed by atoms with E-state index >= 15 is 0 Å². The minimum atomic E-state index is -0.921. The van der Waals surface area contributed by atoms with E-state index in [0.717, 1.165) is 30.5 Å². The molecule has 3 aromatic rings. The number of carbonyl (C=O) groups excluding carboxylic acids is 3. The minimum absolute atomic E-state index is 0.113. The molecule has 0 fully saturated rings. The second-order valence-electron chi connectivity index (χ2n) is 7.84. The number of fused-ring (bicyclic) bond motifs is 4. The van der Waals surface area contributed by atoms with E-state index in [1.54, 1.807) is 24.3 Å². The summed E-state index contributed by atoms with van der Waals surface area (Å²) in [6.07, 6.45) is 2.68. The highest BCUT2D eigenvalue weighted by Gasteiger charge is 2.31. The van der Waals surface area contributed by atoms with Crippen molar-refractivity contribution in [1.29, 1.82) is 0 Å². The molecule has 2 aliphatic rings. The molecule has 5 rings (SSSR count). The van der Waals surface area contributed by atoms with Gasteiger partial charge in [0, 0.05) is 16.6 Å². The number of carbonyl (C=O) groups is 3. The summed E-state index contributed by atoms with van der Waals surface area (Å²) in [6, 6.07) is 13.9. The first-order valence-corrected chi connectivity index (χ1v) is 10.2. The third-order valence-electron chi connectivity index (χ3n) is 5.89. The standard InChI is InChI=1S/C23H22N4O3/c28-20(12-19-23(30)26-17-10-4-2-7-15(17)22(29)27-19)24-18-11-5-8-14-13-6-1-3-9-16(13)25-21(14)18/h1-4,6-7,9-10,18-19,25H,5,8,11-12H2,(H,24,28)(H,26,30)(H,27,29)/t18?,19-/m0/s1. The maximum atomic E-state index is 12.8. The lowest BCUT2D eigenvalue weighted by Gasteiger charge is -2.24. The topological polar surface area (TPSA) is 103 Å². The first-order chi connectivity index (χ1) is 14.6. The van der Waals surface area contributed by atoms with Crippen LogP contribution in [0.3, 0.4) is 0 Å². The van der Waals surface area contributed by atoms with Crippen LogP contribution in [0.1, 0.15) is 46.9 Å². The van der Waals surface area contributed by atoms with Gasteiger partial charge in [-0.05, 0) is 43.0 Å². The molecule has 1 aliphatic carbocycles. The lowest BCUT2D eigenvalue weighted by Crippen LogP contribution is -2.45. The summed E-state index contributed by atoms with van der Waals surface area (Å²) in [4.78, 5) is 41.2. The Morgan fingerprint density at radius 3 is 2.77 bits per heavy atom. The molecule has 1 unspecified atom stereocenters. The predicted molar refractivity (Wildman–Crippen MR) is 113 cm³/mol. The number of hydrogen-bond donors (Lipinski definition) is 4. The van der Waals surface area contributed by atoms with E-state index in [-0.39, 0.29) is 24.3 Å². The second-order valence-corrected chi connectivity index (χ2v) is 7.84. The summed E-state index contributed by atoms with van der Waals surface area (Å²) in [5, 5.41) is 9.66. The van der Waals surface area contributed by atoms with Gasteiger partial charge in [0.2, 0.25) is 11.8 Å². The van der Waals surface area contributed by atoms with E-state index in [0.29, 0.717) is 11.3 Å². The Kier molecular flexibility index (Phi) is 4.50.